The lowest BCUT2D eigenvalue weighted by atomic mass is 10.1. The minimum Gasteiger partial charge on any atom is -0.205 e. The maximum Gasteiger partial charge on any atom is 0.154 e. The quantitative estimate of drug-likeness (QED) is 0.506. The van der Waals surface area contributed by atoms with Crippen molar-refractivity contribution in [3.63, 3.8) is 0 Å². The Morgan fingerprint density at radius 3 is 2.50 bits per heavy atom. The fraction of sp³-hybridized carbons (Fsp3) is 0. The molecule has 1 heterocycles. The molecule has 0 radical (unpaired) electrons. The van der Waals surface area contributed by atoms with E-state index in [1.54, 1.807) is 12.1 Å². The van der Waals surface area contributed by atoms with Gasteiger partial charge in [0.25, 0.3) is 0 Å². The molecule has 0 aliphatic carbocycles. The first-order valence-electron chi connectivity index (χ1n) is 4.63. The SMILES string of the molecule is Fc1cccc2c1sc1c(F)c(I)ccc12. The van der Waals surface area contributed by atoms with Gasteiger partial charge in [0.15, 0.2) is 5.82 Å². The molecule has 2 aromatic carbocycles. The summed E-state index contributed by atoms with van der Waals surface area (Å²) in [4.78, 5) is 0. The van der Waals surface area contributed by atoms with Gasteiger partial charge in [-0.2, -0.15) is 0 Å². The average molecular weight is 346 g/mol. The van der Waals surface area contributed by atoms with Crippen molar-refractivity contribution in [2.75, 3.05) is 0 Å². The molecule has 0 N–H and O–H groups in total. The Labute approximate surface area is 108 Å². The number of hydrogen-bond acceptors (Lipinski definition) is 1. The van der Waals surface area contributed by atoms with E-state index in [9.17, 15) is 8.78 Å². The molecular weight excluding hydrogens is 341 g/mol. The van der Waals surface area contributed by atoms with Crippen LogP contribution in [0.1, 0.15) is 0 Å². The van der Waals surface area contributed by atoms with Crippen molar-refractivity contribution in [2.45, 2.75) is 0 Å². The van der Waals surface area contributed by atoms with Crippen LogP contribution in [0.4, 0.5) is 8.78 Å². The Bertz CT molecular complexity index is 703. The van der Waals surface area contributed by atoms with E-state index >= 15 is 0 Å². The molecule has 0 unspecified atom stereocenters. The normalized spacial score (nSPS) is 11.4. The first kappa shape index (κ1) is 10.4. The number of hydrogen-bond donors (Lipinski definition) is 0. The van der Waals surface area contributed by atoms with Crippen LogP contribution < -0.4 is 0 Å². The van der Waals surface area contributed by atoms with Gasteiger partial charge >= 0.3 is 0 Å². The van der Waals surface area contributed by atoms with E-state index in [1.165, 1.54) is 17.4 Å². The van der Waals surface area contributed by atoms with Crippen molar-refractivity contribution >= 4 is 54.1 Å². The van der Waals surface area contributed by atoms with Crippen LogP contribution in [0.5, 0.6) is 0 Å². The van der Waals surface area contributed by atoms with E-state index in [4.69, 9.17) is 0 Å². The van der Waals surface area contributed by atoms with Crippen LogP contribution in [0.3, 0.4) is 0 Å². The summed E-state index contributed by atoms with van der Waals surface area (Å²) in [5, 5.41) is 1.58. The Morgan fingerprint density at radius 2 is 1.69 bits per heavy atom. The zero-order valence-corrected chi connectivity index (χ0v) is 10.9. The maximum absolute atomic E-state index is 13.8. The molecule has 3 aromatic rings. The van der Waals surface area contributed by atoms with Crippen LogP contribution in [0.2, 0.25) is 0 Å². The largest absolute Gasteiger partial charge is 0.205 e. The predicted molar refractivity (Wildman–Crippen MR) is 72.0 cm³/mol. The molecule has 4 heteroatoms. The molecule has 0 fully saturated rings. The molecule has 0 amide bonds. The van der Waals surface area contributed by atoms with Crippen molar-refractivity contribution < 1.29 is 8.78 Å². The zero-order valence-electron chi connectivity index (χ0n) is 7.93. The molecule has 16 heavy (non-hydrogen) atoms. The van der Waals surface area contributed by atoms with Gasteiger partial charge in [0.2, 0.25) is 0 Å². The molecule has 0 nitrogen and oxygen atoms in total. The third kappa shape index (κ3) is 1.36. The van der Waals surface area contributed by atoms with E-state index in [0.29, 0.717) is 13.0 Å². The van der Waals surface area contributed by atoms with E-state index in [1.807, 2.05) is 34.7 Å². The van der Waals surface area contributed by atoms with Gasteiger partial charge in [-0.05, 0) is 34.7 Å². The summed E-state index contributed by atoms with van der Waals surface area (Å²) >= 11 is 3.12. The fourth-order valence-electron chi connectivity index (χ4n) is 1.77. The van der Waals surface area contributed by atoms with Crippen molar-refractivity contribution in [3.8, 4) is 0 Å². The number of benzene rings is 2. The van der Waals surface area contributed by atoms with Crippen molar-refractivity contribution in [2.24, 2.45) is 0 Å². The molecule has 1 aromatic heterocycles. The molecule has 0 saturated carbocycles. The minimum atomic E-state index is -0.284. The Morgan fingerprint density at radius 1 is 0.938 bits per heavy atom. The van der Waals surface area contributed by atoms with Crippen LogP contribution in [-0.2, 0) is 0 Å². The number of thiophene rings is 1. The van der Waals surface area contributed by atoms with E-state index in [2.05, 4.69) is 0 Å². The molecular formula is C12H5F2IS. The smallest absolute Gasteiger partial charge is 0.154 e. The van der Waals surface area contributed by atoms with Gasteiger partial charge < -0.3 is 0 Å². The standard InChI is InChI=1S/C12H5F2IS/c13-8-3-1-2-6-7-4-5-9(15)10(14)12(7)16-11(6)8/h1-5H. The highest BCUT2D eigenvalue weighted by atomic mass is 127. The van der Waals surface area contributed by atoms with Gasteiger partial charge in [0.05, 0.1) is 13.0 Å². The summed E-state index contributed by atoms with van der Waals surface area (Å²) in [5.74, 6) is -0.535. The molecule has 0 aliphatic heterocycles. The fourth-order valence-corrected chi connectivity index (χ4v) is 3.55. The summed E-state index contributed by atoms with van der Waals surface area (Å²) in [6.07, 6.45) is 0. The van der Waals surface area contributed by atoms with Gasteiger partial charge in [0.1, 0.15) is 5.82 Å². The molecule has 80 valence electrons. The summed E-state index contributed by atoms with van der Waals surface area (Å²) in [6.45, 7) is 0. The molecule has 0 atom stereocenters. The van der Waals surface area contributed by atoms with E-state index in [-0.39, 0.29) is 11.6 Å². The van der Waals surface area contributed by atoms with E-state index in [0.717, 1.165) is 10.8 Å². The van der Waals surface area contributed by atoms with Crippen molar-refractivity contribution in [1.82, 2.24) is 0 Å². The van der Waals surface area contributed by atoms with Crippen molar-refractivity contribution in [3.05, 3.63) is 45.5 Å². The number of rotatable bonds is 0. The lowest BCUT2D eigenvalue weighted by molar-refractivity contribution is 0.634. The minimum absolute atomic E-state index is 0.251. The molecule has 0 spiro atoms. The molecule has 0 saturated heterocycles. The van der Waals surface area contributed by atoms with Crippen molar-refractivity contribution in [1.29, 1.82) is 0 Å². The lowest BCUT2D eigenvalue weighted by Gasteiger charge is -1.95. The maximum atomic E-state index is 13.8. The summed E-state index contributed by atoms with van der Waals surface area (Å²) in [7, 11) is 0. The van der Waals surface area contributed by atoms with E-state index < -0.39 is 0 Å². The van der Waals surface area contributed by atoms with Gasteiger partial charge in [-0.15, -0.1) is 11.3 Å². The number of halogens is 3. The average Bonchev–Trinajstić information content (AvgIpc) is 2.65. The third-order valence-corrected chi connectivity index (χ3v) is 4.57. The summed E-state index contributed by atoms with van der Waals surface area (Å²) < 4.78 is 29.0. The highest BCUT2D eigenvalue weighted by Gasteiger charge is 2.13. The highest BCUT2D eigenvalue weighted by molar-refractivity contribution is 14.1. The van der Waals surface area contributed by atoms with Gasteiger partial charge in [-0.25, -0.2) is 8.78 Å². The van der Waals surface area contributed by atoms with Crippen LogP contribution in [0.25, 0.3) is 20.2 Å². The van der Waals surface area contributed by atoms with Gasteiger partial charge in [0, 0.05) is 10.8 Å². The summed E-state index contributed by atoms with van der Waals surface area (Å²) in [6, 6.07) is 8.44. The number of fused-ring (bicyclic) bond motifs is 3. The Hall–Kier alpha value is -0.750. The second kappa shape index (κ2) is 3.63. The molecule has 0 aliphatic rings. The Balaban J connectivity index is 2.60. The second-order valence-electron chi connectivity index (χ2n) is 3.46. The Kier molecular flexibility index (Phi) is 2.36. The molecule has 3 rings (SSSR count). The van der Waals surface area contributed by atoms with Crippen LogP contribution in [-0.4, -0.2) is 0 Å². The first-order chi connectivity index (χ1) is 7.68. The van der Waals surface area contributed by atoms with Crippen LogP contribution in [0, 0.1) is 15.2 Å². The second-order valence-corrected chi connectivity index (χ2v) is 5.64. The third-order valence-electron chi connectivity index (χ3n) is 2.51. The van der Waals surface area contributed by atoms with Crippen LogP contribution in [0.15, 0.2) is 30.3 Å². The van der Waals surface area contributed by atoms with Gasteiger partial charge in [-0.3, -0.25) is 0 Å². The molecule has 0 bridgehead atoms. The monoisotopic (exact) mass is 346 g/mol. The highest BCUT2D eigenvalue weighted by Crippen LogP contribution is 2.37. The van der Waals surface area contributed by atoms with Gasteiger partial charge in [-0.1, -0.05) is 18.2 Å². The topological polar surface area (TPSA) is 0 Å². The predicted octanol–water partition coefficient (Wildman–Crippen LogP) is 4.94. The lowest BCUT2D eigenvalue weighted by Crippen LogP contribution is -1.79. The first-order valence-corrected chi connectivity index (χ1v) is 6.53. The zero-order chi connectivity index (χ0) is 11.3. The summed E-state index contributed by atoms with van der Waals surface area (Å²) in [5.41, 5.74) is 0. The van der Waals surface area contributed by atoms with Crippen LogP contribution >= 0.6 is 33.9 Å².